The van der Waals surface area contributed by atoms with Crippen molar-refractivity contribution >= 4 is 5.69 Å². The maximum atomic E-state index is 3.14. The molecule has 0 saturated carbocycles. The minimum absolute atomic E-state index is 1.08. The van der Waals surface area contributed by atoms with Crippen LogP contribution in [0.1, 0.15) is 0 Å². The van der Waals surface area contributed by atoms with Crippen molar-refractivity contribution in [1.82, 2.24) is 0 Å². The summed E-state index contributed by atoms with van der Waals surface area (Å²) in [4.78, 5) is 0. The normalized spacial score (nSPS) is 9.21. The highest BCUT2D eigenvalue weighted by atomic mass is 14.8. The van der Waals surface area contributed by atoms with Crippen molar-refractivity contribution in [2.45, 2.75) is 0 Å². The average molecular weight is 181 g/mol. The van der Waals surface area contributed by atoms with E-state index in [9.17, 15) is 0 Å². The summed E-state index contributed by atoms with van der Waals surface area (Å²) in [5.41, 5.74) is 3.43. The number of hydrogen-bond acceptors (Lipinski definition) is 1. The van der Waals surface area contributed by atoms with Gasteiger partial charge >= 0.3 is 0 Å². The van der Waals surface area contributed by atoms with Crippen LogP contribution in [0.5, 0.6) is 0 Å². The smallest absolute Gasteiger partial charge is 0.0508 e. The van der Waals surface area contributed by atoms with E-state index in [1.54, 1.807) is 0 Å². The van der Waals surface area contributed by atoms with Gasteiger partial charge in [-0.2, -0.15) is 0 Å². The fourth-order valence-corrected chi connectivity index (χ4v) is 1.45. The first-order valence-electron chi connectivity index (χ1n) is 4.57. The maximum Gasteiger partial charge on any atom is 0.0508 e. The SMILES string of the molecule is CNc1cc#ccc1-c1ccccc1. The van der Waals surface area contributed by atoms with Crippen molar-refractivity contribution in [3.05, 3.63) is 54.6 Å². The summed E-state index contributed by atoms with van der Waals surface area (Å²) in [6.45, 7) is 0. The van der Waals surface area contributed by atoms with E-state index in [1.807, 2.05) is 37.4 Å². The van der Waals surface area contributed by atoms with Gasteiger partial charge in [0.1, 0.15) is 0 Å². The second kappa shape index (κ2) is 3.85. The van der Waals surface area contributed by atoms with Gasteiger partial charge in [-0.1, -0.05) is 42.5 Å². The lowest BCUT2D eigenvalue weighted by molar-refractivity contribution is 1.51. The Morgan fingerprint density at radius 2 is 1.71 bits per heavy atom. The van der Waals surface area contributed by atoms with E-state index < -0.39 is 0 Å². The molecule has 0 amide bonds. The first-order chi connectivity index (χ1) is 6.92. The van der Waals surface area contributed by atoms with Crippen LogP contribution < -0.4 is 5.32 Å². The average Bonchev–Trinajstić information content (AvgIpc) is 2.30. The second-order valence-electron chi connectivity index (χ2n) is 3.02. The highest BCUT2D eigenvalue weighted by Crippen LogP contribution is 2.25. The molecule has 0 radical (unpaired) electrons. The topological polar surface area (TPSA) is 12.0 Å². The Morgan fingerprint density at radius 3 is 2.43 bits per heavy atom. The quantitative estimate of drug-likeness (QED) is 0.751. The highest BCUT2D eigenvalue weighted by Gasteiger charge is 2.00. The van der Waals surface area contributed by atoms with Crippen molar-refractivity contribution in [1.29, 1.82) is 0 Å². The molecule has 0 aliphatic heterocycles. The van der Waals surface area contributed by atoms with E-state index in [2.05, 4.69) is 29.6 Å². The molecule has 14 heavy (non-hydrogen) atoms. The van der Waals surface area contributed by atoms with Crippen LogP contribution >= 0.6 is 0 Å². The van der Waals surface area contributed by atoms with Gasteiger partial charge in [0.2, 0.25) is 0 Å². The number of benzene rings is 1. The number of nitrogens with one attached hydrogen (secondary N) is 1. The van der Waals surface area contributed by atoms with Crippen LogP contribution in [0.15, 0.2) is 42.5 Å². The molecule has 1 heteroatoms. The van der Waals surface area contributed by atoms with Gasteiger partial charge < -0.3 is 5.32 Å². The van der Waals surface area contributed by atoms with Gasteiger partial charge in [-0.25, -0.2) is 0 Å². The summed E-state index contributed by atoms with van der Waals surface area (Å²) < 4.78 is 0. The van der Waals surface area contributed by atoms with Crippen LogP contribution in [0.2, 0.25) is 0 Å². The van der Waals surface area contributed by atoms with Crippen molar-refractivity contribution in [3.8, 4) is 11.1 Å². The molecule has 2 aromatic carbocycles. The molecule has 0 heterocycles. The zero-order chi connectivity index (χ0) is 9.80. The van der Waals surface area contributed by atoms with Crippen LogP contribution in [-0.2, 0) is 0 Å². The Hall–Kier alpha value is -1.94. The fraction of sp³-hybridized carbons (Fsp3) is 0.0769. The van der Waals surface area contributed by atoms with Crippen LogP contribution in [0.3, 0.4) is 0 Å². The van der Waals surface area contributed by atoms with E-state index in [-0.39, 0.29) is 0 Å². The Balaban J connectivity index is 2.51. The van der Waals surface area contributed by atoms with Gasteiger partial charge in [0.15, 0.2) is 0 Å². The van der Waals surface area contributed by atoms with E-state index >= 15 is 0 Å². The molecule has 0 aromatic heterocycles. The third-order valence-corrected chi connectivity index (χ3v) is 2.16. The number of hydrogen-bond donors (Lipinski definition) is 1. The van der Waals surface area contributed by atoms with Crippen LogP contribution in [-0.4, -0.2) is 7.05 Å². The molecule has 0 unspecified atom stereocenters. The Kier molecular flexibility index (Phi) is 2.38. The number of rotatable bonds is 2. The molecule has 2 aromatic rings. The minimum Gasteiger partial charge on any atom is -0.387 e. The minimum atomic E-state index is 1.08. The van der Waals surface area contributed by atoms with Gasteiger partial charge in [-0.05, 0) is 11.6 Å². The molecule has 68 valence electrons. The summed E-state index contributed by atoms with van der Waals surface area (Å²) in [6.07, 6.45) is 0. The van der Waals surface area contributed by atoms with Gasteiger partial charge in [0.25, 0.3) is 0 Å². The molecule has 1 N–H and O–H groups in total. The van der Waals surface area contributed by atoms with Gasteiger partial charge in [0, 0.05) is 18.7 Å². The summed E-state index contributed by atoms with van der Waals surface area (Å²) in [5, 5.41) is 3.14. The molecule has 0 aliphatic carbocycles. The maximum absolute atomic E-state index is 3.14. The van der Waals surface area contributed by atoms with Gasteiger partial charge in [-0.15, -0.1) is 0 Å². The summed E-state index contributed by atoms with van der Waals surface area (Å²) in [7, 11) is 1.91. The van der Waals surface area contributed by atoms with Crippen molar-refractivity contribution < 1.29 is 0 Å². The first kappa shape index (κ1) is 8.65. The van der Waals surface area contributed by atoms with Crippen LogP contribution in [0.4, 0.5) is 5.69 Å². The Morgan fingerprint density at radius 1 is 1.00 bits per heavy atom. The molecule has 0 atom stereocenters. The van der Waals surface area contributed by atoms with Crippen molar-refractivity contribution in [3.63, 3.8) is 0 Å². The predicted octanol–water partition coefficient (Wildman–Crippen LogP) is 3.00. The van der Waals surface area contributed by atoms with Crippen LogP contribution in [0, 0.1) is 12.1 Å². The van der Waals surface area contributed by atoms with Gasteiger partial charge in [-0.3, -0.25) is 0 Å². The lowest BCUT2D eigenvalue weighted by Gasteiger charge is -2.06. The predicted molar refractivity (Wildman–Crippen MR) is 59.1 cm³/mol. The summed E-state index contributed by atoms with van der Waals surface area (Å²) >= 11 is 0. The molecule has 0 spiro atoms. The van der Waals surface area contributed by atoms with Crippen molar-refractivity contribution in [2.24, 2.45) is 0 Å². The standard InChI is InChI=1S/C13H11N/c1-14-13-10-6-5-9-12(13)11-7-3-2-4-8-11/h2-4,7-10,14H,1H3. The summed E-state index contributed by atoms with van der Waals surface area (Å²) in [5.74, 6) is 0. The molecule has 0 fully saturated rings. The van der Waals surface area contributed by atoms with E-state index in [0.29, 0.717) is 0 Å². The van der Waals surface area contributed by atoms with E-state index in [4.69, 9.17) is 0 Å². The molecule has 0 aliphatic rings. The fourth-order valence-electron chi connectivity index (χ4n) is 1.45. The molecule has 0 saturated heterocycles. The van der Waals surface area contributed by atoms with Crippen molar-refractivity contribution in [2.75, 3.05) is 12.4 Å². The third kappa shape index (κ3) is 1.55. The zero-order valence-electron chi connectivity index (χ0n) is 8.04. The molecule has 2 rings (SSSR count). The number of anilines is 1. The lowest BCUT2D eigenvalue weighted by Crippen LogP contribution is -1.90. The first-order valence-corrected chi connectivity index (χ1v) is 4.57. The molecule has 1 nitrogen and oxygen atoms in total. The Bertz CT molecular complexity index is 407. The Labute approximate surface area is 84.4 Å². The molecular weight excluding hydrogens is 170 g/mol. The lowest BCUT2D eigenvalue weighted by atomic mass is 10.1. The third-order valence-electron chi connectivity index (χ3n) is 2.16. The van der Waals surface area contributed by atoms with E-state index in [0.717, 1.165) is 11.3 Å². The zero-order valence-corrected chi connectivity index (χ0v) is 8.04. The van der Waals surface area contributed by atoms with Crippen LogP contribution in [0.25, 0.3) is 11.1 Å². The van der Waals surface area contributed by atoms with Gasteiger partial charge in [0.05, 0.1) is 5.69 Å². The molecular formula is C13H11N. The largest absolute Gasteiger partial charge is 0.387 e. The monoisotopic (exact) mass is 181 g/mol. The summed E-state index contributed by atoms with van der Waals surface area (Å²) in [6, 6.07) is 20.0. The molecule has 0 bridgehead atoms. The second-order valence-corrected chi connectivity index (χ2v) is 3.02. The van der Waals surface area contributed by atoms with E-state index in [1.165, 1.54) is 5.56 Å². The highest BCUT2D eigenvalue weighted by molar-refractivity contribution is 5.76.